The first-order chi connectivity index (χ1) is 9.27. The summed E-state index contributed by atoms with van der Waals surface area (Å²) in [7, 11) is 1.79. The number of ether oxygens (including phenoxy) is 1. The van der Waals surface area contributed by atoms with Gasteiger partial charge in [-0.2, -0.15) is 0 Å². The summed E-state index contributed by atoms with van der Waals surface area (Å²) >= 11 is 2.40. The predicted molar refractivity (Wildman–Crippen MR) is 89.3 cm³/mol. The second kappa shape index (κ2) is 6.58. The second-order valence-electron chi connectivity index (χ2n) is 4.85. The van der Waals surface area contributed by atoms with Crippen molar-refractivity contribution >= 4 is 28.2 Å². The Hall–Kier alpha value is -0.790. The van der Waals surface area contributed by atoms with E-state index in [0.717, 1.165) is 35.7 Å². The molecule has 0 aliphatic heterocycles. The molecule has 1 unspecified atom stereocenters. The first-order valence-corrected chi connectivity index (χ1v) is 8.17. The van der Waals surface area contributed by atoms with Gasteiger partial charge in [0.05, 0.1) is 0 Å². The minimum absolute atomic E-state index is 0.251. The molecule has 1 nitrogen and oxygen atoms in total. The summed E-state index contributed by atoms with van der Waals surface area (Å²) in [6.45, 7) is 0. The van der Waals surface area contributed by atoms with Crippen LogP contribution in [-0.4, -0.2) is 17.1 Å². The SMILES string of the molecule is C#CC1=C(c2ccccc2)CCCC1(CCI)OC. The summed E-state index contributed by atoms with van der Waals surface area (Å²) in [5.41, 5.74) is 3.34. The molecule has 1 aliphatic rings. The van der Waals surface area contributed by atoms with Crippen molar-refractivity contribution in [2.45, 2.75) is 31.3 Å². The fourth-order valence-corrected chi connectivity index (χ4v) is 3.80. The monoisotopic (exact) mass is 366 g/mol. The van der Waals surface area contributed by atoms with Crippen LogP contribution in [0.2, 0.25) is 0 Å². The van der Waals surface area contributed by atoms with Gasteiger partial charge in [-0.3, -0.25) is 0 Å². The highest BCUT2D eigenvalue weighted by atomic mass is 127. The fraction of sp³-hybridized carbons (Fsp3) is 0.412. The highest BCUT2D eigenvalue weighted by Crippen LogP contribution is 2.42. The minimum Gasteiger partial charge on any atom is -0.373 e. The van der Waals surface area contributed by atoms with Crippen LogP contribution in [0.5, 0.6) is 0 Å². The lowest BCUT2D eigenvalue weighted by molar-refractivity contribution is 0.0128. The first-order valence-electron chi connectivity index (χ1n) is 6.64. The van der Waals surface area contributed by atoms with Gasteiger partial charge >= 0.3 is 0 Å². The number of rotatable bonds is 4. The van der Waals surface area contributed by atoms with Gasteiger partial charge in [-0.05, 0) is 36.8 Å². The molecule has 2 heteroatoms. The zero-order valence-corrected chi connectivity index (χ0v) is 13.4. The maximum Gasteiger partial charge on any atom is 0.101 e. The summed E-state index contributed by atoms with van der Waals surface area (Å²) in [6.07, 6.45) is 10.0. The van der Waals surface area contributed by atoms with E-state index in [1.807, 2.05) is 6.07 Å². The Bertz CT molecular complexity index is 498. The smallest absolute Gasteiger partial charge is 0.101 e. The molecule has 0 radical (unpaired) electrons. The van der Waals surface area contributed by atoms with Gasteiger partial charge in [-0.15, -0.1) is 6.42 Å². The highest BCUT2D eigenvalue weighted by Gasteiger charge is 2.37. The number of hydrogen-bond donors (Lipinski definition) is 0. The zero-order valence-electron chi connectivity index (χ0n) is 11.3. The van der Waals surface area contributed by atoms with E-state index in [2.05, 4.69) is 52.8 Å². The van der Waals surface area contributed by atoms with Crippen molar-refractivity contribution in [3.05, 3.63) is 41.5 Å². The molecular formula is C17H19IO. The Kier molecular flexibility index (Phi) is 5.06. The summed E-state index contributed by atoms with van der Waals surface area (Å²) in [6, 6.07) is 10.5. The van der Waals surface area contributed by atoms with Gasteiger partial charge < -0.3 is 4.74 Å². The van der Waals surface area contributed by atoms with Crippen molar-refractivity contribution in [3.63, 3.8) is 0 Å². The lowest BCUT2D eigenvalue weighted by Gasteiger charge is -2.37. The lowest BCUT2D eigenvalue weighted by Crippen LogP contribution is -2.37. The molecule has 1 aromatic rings. The maximum atomic E-state index is 5.87. The molecule has 0 saturated carbocycles. The molecule has 0 saturated heterocycles. The molecular weight excluding hydrogens is 347 g/mol. The number of benzene rings is 1. The maximum absolute atomic E-state index is 5.87. The normalized spacial score (nSPS) is 23.2. The topological polar surface area (TPSA) is 9.23 Å². The zero-order chi connectivity index (χ0) is 13.7. The number of methoxy groups -OCH3 is 1. The fourth-order valence-electron chi connectivity index (χ4n) is 2.93. The van der Waals surface area contributed by atoms with Crippen LogP contribution in [-0.2, 0) is 4.74 Å². The number of alkyl halides is 1. The van der Waals surface area contributed by atoms with Crippen molar-refractivity contribution in [1.82, 2.24) is 0 Å². The predicted octanol–water partition coefficient (Wildman–Crippen LogP) is 4.47. The van der Waals surface area contributed by atoms with Gasteiger partial charge in [0, 0.05) is 17.1 Å². The van der Waals surface area contributed by atoms with Crippen LogP contribution in [0.1, 0.15) is 31.2 Å². The van der Waals surface area contributed by atoms with E-state index in [1.165, 1.54) is 11.1 Å². The highest BCUT2D eigenvalue weighted by molar-refractivity contribution is 14.1. The summed E-state index contributed by atoms with van der Waals surface area (Å²) in [5, 5.41) is 0. The summed E-state index contributed by atoms with van der Waals surface area (Å²) < 4.78 is 6.92. The molecule has 100 valence electrons. The molecule has 0 heterocycles. The van der Waals surface area contributed by atoms with Gasteiger partial charge in [-0.1, -0.05) is 58.8 Å². The lowest BCUT2D eigenvalue weighted by atomic mass is 9.75. The van der Waals surface area contributed by atoms with Crippen LogP contribution in [0.15, 0.2) is 35.9 Å². The largest absolute Gasteiger partial charge is 0.373 e. The Morgan fingerprint density at radius 2 is 2.11 bits per heavy atom. The molecule has 19 heavy (non-hydrogen) atoms. The van der Waals surface area contributed by atoms with E-state index < -0.39 is 0 Å². The number of halogens is 1. The molecule has 0 N–H and O–H groups in total. The Labute approximate surface area is 129 Å². The molecule has 1 atom stereocenters. The van der Waals surface area contributed by atoms with E-state index in [0.29, 0.717) is 0 Å². The average molecular weight is 366 g/mol. The quantitative estimate of drug-likeness (QED) is 0.434. The first kappa shape index (κ1) is 14.6. The number of terminal acetylenes is 1. The van der Waals surface area contributed by atoms with Crippen LogP contribution in [0, 0.1) is 12.3 Å². The molecule has 0 aromatic heterocycles. The second-order valence-corrected chi connectivity index (χ2v) is 5.93. The van der Waals surface area contributed by atoms with Crippen LogP contribution in [0.4, 0.5) is 0 Å². The van der Waals surface area contributed by atoms with Crippen molar-refractivity contribution in [3.8, 4) is 12.3 Å². The molecule has 0 amide bonds. The van der Waals surface area contributed by atoms with Crippen molar-refractivity contribution < 1.29 is 4.74 Å². The molecule has 1 aromatic carbocycles. The van der Waals surface area contributed by atoms with Crippen molar-refractivity contribution in [1.29, 1.82) is 0 Å². The molecule has 0 spiro atoms. The number of allylic oxidation sites excluding steroid dienone is 1. The third-order valence-corrected chi connectivity index (χ3v) is 4.46. The van der Waals surface area contributed by atoms with Crippen molar-refractivity contribution in [2.75, 3.05) is 11.5 Å². The van der Waals surface area contributed by atoms with Gasteiger partial charge in [0.2, 0.25) is 0 Å². The molecule has 0 bridgehead atoms. The molecule has 0 fully saturated rings. The van der Waals surface area contributed by atoms with E-state index in [9.17, 15) is 0 Å². The summed E-state index contributed by atoms with van der Waals surface area (Å²) in [5.74, 6) is 2.93. The van der Waals surface area contributed by atoms with Gasteiger partial charge in [-0.25, -0.2) is 0 Å². The van der Waals surface area contributed by atoms with E-state index in [-0.39, 0.29) is 5.60 Å². The van der Waals surface area contributed by atoms with E-state index >= 15 is 0 Å². The Morgan fingerprint density at radius 3 is 2.68 bits per heavy atom. The van der Waals surface area contributed by atoms with E-state index in [4.69, 9.17) is 11.2 Å². The van der Waals surface area contributed by atoms with Crippen LogP contribution in [0.3, 0.4) is 0 Å². The van der Waals surface area contributed by atoms with Crippen molar-refractivity contribution in [2.24, 2.45) is 0 Å². The Balaban J connectivity index is 2.53. The Morgan fingerprint density at radius 1 is 1.37 bits per heavy atom. The van der Waals surface area contributed by atoms with Gasteiger partial charge in [0.25, 0.3) is 0 Å². The van der Waals surface area contributed by atoms with Gasteiger partial charge in [0.15, 0.2) is 0 Å². The standard InChI is InChI=1S/C17H19IO/c1-3-16-15(14-8-5-4-6-9-14)10-7-11-17(16,19-2)12-13-18/h1,4-6,8-9H,7,10-13H2,2H3. The van der Waals surface area contributed by atoms with Gasteiger partial charge in [0.1, 0.15) is 5.60 Å². The molecule has 1 aliphatic carbocycles. The third kappa shape index (κ3) is 2.88. The molecule has 2 rings (SSSR count). The third-order valence-electron chi connectivity index (χ3n) is 3.92. The van der Waals surface area contributed by atoms with Crippen LogP contribution < -0.4 is 0 Å². The van der Waals surface area contributed by atoms with E-state index in [1.54, 1.807) is 7.11 Å². The minimum atomic E-state index is -0.251. The number of hydrogen-bond acceptors (Lipinski definition) is 1. The average Bonchev–Trinajstić information content (AvgIpc) is 2.48. The van der Waals surface area contributed by atoms with Crippen LogP contribution >= 0.6 is 22.6 Å². The van der Waals surface area contributed by atoms with Crippen LogP contribution in [0.25, 0.3) is 5.57 Å². The summed E-state index contributed by atoms with van der Waals surface area (Å²) in [4.78, 5) is 0.